The van der Waals surface area contributed by atoms with Gasteiger partial charge in [-0.1, -0.05) is 153 Å². The molecule has 95 heavy (non-hydrogen) atoms. The summed E-state index contributed by atoms with van der Waals surface area (Å²) in [6.07, 6.45) is -20.1. The summed E-state index contributed by atoms with van der Waals surface area (Å²) in [7, 11) is 0. The predicted octanol–water partition coefficient (Wildman–Crippen LogP) is 10.8. The van der Waals surface area contributed by atoms with Crippen LogP contribution in [0.25, 0.3) is 10.4 Å². The Hall–Kier alpha value is -10.1. The molecule has 3 aliphatic rings. The summed E-state index contributed by atoms with van der Waals surface area (Å²) < 4.78 is 84.1. The summed E-state index contributed by atoms with van der Waals surface area (Å²) >= 11 is 0. The van der Waals surface area contributed by atoms with E-state index in [9.17, 15) is 39.1 Å². The molecular formula is C72H69N3O20. The molecule has 0 aliphatic carbocycles. The molecule has 7 aromatic rings. The van der Waals surface area contributed by atoms with Gasteiger partial charge in [0.1, 0.15) is 12.2 Å². The van der Waals surface area contributed by atoms with Gasteiger partial charge in [-0.25, -0.2) is 33.6 Å². The van der Waals surface area contributed by atoms with E-state index in [2.05, 4.69) is 10.0 Å². The molecule has 3 aliphatic heterocycles. The second-order valence-corrected chi connectivity index (χ2v) is 22.4. The van der Waals surface area contributed by atoms with Gasteiger partial charge in [0.15, 0.2) is 61.6 Å². The van der Waals surface area contributed by atoms with Crippen LogP contribution in [0.4, 0.5) is 0 Å². The fourth-order valence-electron chi connectivity index (χ4n) is 11.1. The second kappa shape index (κ2) is 33.1. The lowest BCUT2D eigenvalue weighted by atomic mass is 9.82. The number of esters is 7. The van der Waals surface area contributed by atoms with Crippen molar-refractivity contribution in [2.45, 2.75) is 107 Å². The topological polar surface area (TPSA) is 288 Å². The lowest BCUT2D eigenvalue weighted by molar-refractivity contribution is -0.336. The fourth-order valence-corrected chi connectivity index (χ4v) is 11.1. The first-order chi connectivity index (χ1) is 46.3. The monoisotopic (exact) mass is 1300 g/mol. The van der Waals surface area contributed by atoms with Crippen LogP contribution in [0.3, 0.4) is 0 Å². The number of carbonyl (C=O) groups is 7. The standard InChI is InChI=1S/C72H69N3O20/c1-4-53-44(2)45(3)56(89-63(76)46-26-12-5-13-27-46)70(86-53)84-42-55-58(91-65(78)48-30-16-7-17-31-48)60(93-67(80)50-34-20-9-21-35-50)62(95-69(82)52-38-24-11-25-39-52)72(88-55)85-43-54-57(90-64(77)47-28-14-6-15-29-47)59(92-66(79)49-32-18-8-19-33-49)61(71(87-54)83-41-40-74-75-73)94-68(81)51-36-22-10-23-37-51/h5-39,44-45,53-62,70-72H,4,40-43H2,1-3H3/t44-,45-,53+,54+,55+,56+,57+,58+,59-,60-,61+,62+,70+,71+,72+/m0/s1. The van der Waals surface area contributed by atoms with E-state index < -0.39 is 135 Å². The number of ether oxygens (including phenoxy) is 13. The number of benzene rings is 7. The number of rotatable bonds is 25. The van der Waals surface area contributed by atoms with Crippen LogP contribution in [0.2, 0.25) is 0 Å². The molecule has 0 amide bonds. The summed E-state index contributed by atoms with van der Waals surface area (Å²) in [5.41, 5.74) is 9.77. The Morgan fingerprint density at radius 3 is 0.895 bits per heavy atom. The maximum atomic E-state index is 14.7. The van der Waals surface area contributed by atoms with Gasteiger partial charge in [0.25, 0.3) is 0 Å². The van der Waals surface area contributed by atoms with Crippen LogP contribution >= 0.6 is 0 Å². The molecule has 0 spiro atoms. The van der Waals surface area contributed by atoms with Crippen LogP contribution in [0.5, 0.6) is 0 Å². The van der Waals surface area contributed by atoms with Gasteiger partial charge in [0, 0.05) is 17.4 Å². The molecule has 0 N–H and O–H groups in total. The quantitative estimate of drug-likeness (QED) is 0.0128. The van der Waals surface area contributed by atoms with Crippen molar-refractivity contribution >= 4 is 41.8 Å². The van der Waals surface area contributed by atoms with Crippen LogP contribution < -0.4 is 0 Å². The SMILES string of the molecule is CC[C@H]1O[C@@H](OC[C@H]2O[C@@H](OC[C@H]3O[C@@H](OCCN=[N+]=[N-])[C@H](OC(=O)c4ccccc4)[C@@H](OC(=O)c4ccccc4)[C@@H]3OC(=O)c3ccccc3)[C@H](OC(=O)c3ccccc3)[C@@H](OC(=O)c3ccccc3)[C@@H]2OC(=O)c2ccccc2)[C@H](OC(=O)c2ccccc2)[C@@H](C)[C@@H]1C. The highest BCUT2D eigenvalue weighted by molar-refractivity contribution is 5.93. The maximum Gasteiger partial charge on any atom is 0.338 e. The van der Waals surface area contributed by atoms with Crippen molar-refractivity contribution in [3.05, 3.63) is 262 Å². The second-order valence-electron chi connectivity index (χ2n) is 22.4. The van der Waals surface area contributed by atoms with E-state index in [0.717, 1.165) is 0 Å². The predicted molar refractivity (Wildman–Crippen MR) is 336 cm³/mol. The lowest BCUT2D eigenvalue weighted by Gasteiger charge is -2.47. The molecule has 3 heterocycles. The third-order valence-corrected chi connectivity index (χ3v) is 16.3. The van der Waals surface area contributed by atoms with E-state index in [4.69, 9.17) is 61.6 Å². The maximum absolute atomic E-state index is 14.7. The van der Waals surface area contributed by atoms with Crippen molar-refractivity contribution < 1.29 is 95.1 Å². The van der Waals surface area contributed by atoms with Gasteiger partial charge in [-0.2, -0.15) is 0 Å². The molecule has 0 unspecified atom stereocenters. The molecule has 0 aromatic heterocycles. The summed E-state index contributed by atoms with van der Waals surface area (Å²) in [6, 6.07) is 55.2. The summed E-state index contributed by atoms with van der Waals surface area (Å²) in [5, 5.41) is 3.59. The first kappa shape index (κ1) is 67.8. The first-order valence-electron chi connectivity index (χ1n) is 30.9. The number of azide groups is 1. The molecule has 0 saturated carbocycles. The number of carbonyl (C=O) groups excluding carboxylic acids is 7. The normalized spacial score (nSPS) is 25.4. The molecule has 10 rings (SSSR count). The van der Waals surface area contributed by atoms with Crippen LogP contribution in [0.15, 0.2) is 217 Å². The van der Waals surface area contributed by atoms with Crippen molar-refractivity contribution in [3.8, 4) is 0 Å². The Kier molecular flexibility index (Phi) is 23.6. The largest absolute Gasteiger partial charge is 0.453 e. The highest BCUT2D eigenvalue weighted by Crippen LogP contribution is 2.39. The van der Waals surface area contributed by atoms with Gasteiger partial charge in [0.05, 0.1) is 64.9 Å². The van der Waals surface area contributed by atoms with Crippen LogP contribution in [0.1, 0.15) is 99.7 Å². The van der Waals surface area contributed by atoms with Crippen molar-refractivity contribution in [2.75, 3.05) is 26.4 Å². The molecular weight excluding hydrogens is 1230 g/mol. The minimum Gasteiger partial charge on any atom is -0.453 e. The van der Waals surface area contributed by atoms with Crippen LogP contribution in [-0.2, 0) is 61.6 Å². The molecule has 3 saturated heterocycles. The Morgan fingerprint density at radius 1 is 0.347 bits per heavy atom. The average molecular weight is 1300 g/mol. The Morgan fingerprint density at radius 2 is 0.600 bits per heavy atom. The van der Waals surface area contributed by atoms with E-state index in [1.807, 2.05) is 20.8 Å². The fraction of sp³-hybridized carbons (Fsp3) is 0.319. The van der Waals surface area contributed by atoms with Gasteiger partial charge >= 0.3 is 41.8 Å². The van der Waals surface area contributed by atoms with Crippen molar-refractivity contribution in [1.82, 2.24) is 0 Å². The molecule has 7 aromatic carbocycles. The summed E-state index contributed by atoms with van der Waals surface area (Å²) in [5.74, 6) is -6.95. The number of hydrogen-bond donors (Lipinski definition) is 0. The Balaban J connectivity index is 1.09. The highest BCUT2D eigenvalue weighted by Gasteiger charge is 2.57. The third kappa shape index (κ3) is 17.4. The van der Waals surface area contributed by atoms with Gasteiger partial charge in [0.2, 0.25) is 0 Å². The van der Waals surface area contributed by atoms with Crippen LogP contribution in [-0.4, -0.2) is 148 Å². The molecule has 492 valence electrons. The zero-order chi connectivity index (χ0) is 66.6. The van der Waals surface area contributed by atoms with Gasteiger partial charge < -0.3 is 61.6 Å². The third-order valence-electron chi connectivity index (χ3n) is 16.3. The zero-order valence-corrected chi connectivity index (χ0v) is 51.9. The molecule has 15 atom stereocenters. The highest BCUT2D eigenvalue weighted by atomic mass is 16.8. The smallest absolute Gasteiger partial charge is 0.338 e. The van der Waals surface area contributed by atoms with Gasteiger partial charge in [-0.15, -0.1) is 0 Å². The number of hydrogen-bond acceptors (Lipinski definition) is 21. The molecule has 23 heteroatoms. The summed E-state index contributed by atoms with van der Waals surface area (Å²) in [4.78, 5) is 104. The Labute approximate surface area is 546 Å². The Bertz CT molecular complexity index is 3730. The number of nitrogens with zero attached hydrogens (tertiary/aromatic N) is 3. The van der Waals surface area contributed by atoms with Crippen molar-refractivity contribution in [1.29, 1.82) is 0 Å². The van der Waals surface area contributed by atoms with E-state index in [0.29, 0.717) is 6.42 Å². The van der Waals surface area contributed by atoms with E-state index in [-0.39, 0.29) is 63.9 Å². The van der Waals surface area contributed by atoms with Gasteiger partial charge in [-0.3, -0.25) is 0 Å². The summed E-state index contributed by atoms with van der Waals surface area (Å²) in [6.45, 7) is 3.77. The van der Waals surface area contributed by atoms with E-state index in [1.165, 1.54) is 72.8 Å². The van der Waals surface area contributed by atoms with E-state index in [1.54, 1.807) is 140 Å². The minimum atomic E-state index is -1.94. The molecule has 0 bridgehead atoms. The minimum absolute atomic E-state index is 0.0189. The average Bonchev–Trinajstić information content (AvgIpc) is 0.803. The van der Waals surface area contributed by atoms with Gasteiger partial charge in [-0.05, 0) is 103 Å². The zero-order valence-electron chi connectivity index (χ0n) is 51.9. The van der Waals surface area contributed by atoms with E-state index >= 15 is 0 Å². The first-order valence-corrected chi connectivity index (χ1v) is 30.9. The lowest BCUT2D eigenvalue weighted by Crippen LogP contribution is -2.65. The molecule has 0 radical (unpaired) electrons. The van der Waals surface area contributed by atoms with Crippen molar-refractivity contribution in [3.63, 3.8) is 0 Å². The van der Waals surface area contributed by atoms with Crippen LogP contribution in [0, 0.1) is 11.8 Å². The van der Waals surface area contributed by atoms with Crippen molar-refractivity contribution in [2.24, 2.45) is 17.0 Å². The molecule has 23 nitrogen and oxygen atoms in total. The molecule has 3 fully saturated rings.